The van der Waals surface area contributed by atoms with Crippen molar-refractivity contribution >= 4 is 45.3 Å². The predicted molar refractivity (Wildman–Crippen MR) is 158 cm³/mol. The Morgan fingerprint density at radius 1 is 1.15 bits per heavy atom. The minimum absolute atomic E-state index is 0.0943. The van der Waals surface area contributed by atoms with Crippen LogP contribution in [0.4, 0.5) is 17.5 Å². The van der Waals surface area contributed by atoms with Gasteiger partial charge in [-0.05, 0) is 55.2 Å². The van der Waals surface area contributed by atoms with Gasteiger partial charge in [0, 0.05) is 38.3 Å². The molecule has 0 bridgehead atoms. The molecule has 41 heavy (non-hydrogen) atoms. The highest BCUT2D eigenvalue weighted by Gasteiger charge is 2.23. The molecule has 1 aliphatic heterocycles. The van der Waals surface area contributed by atoms with Gasteiger partial charge in [0.25, 0.3) is 0 Å². The van der Waals surface area contributed by atoms with E-state index in [1.54, 1.807) is 12.5 Å². The molecule has 1 aliphatic rings. The van der Waals surface area contributed by atoms with Crippen molar-refractivity contribution in [3.8, 4) is 23.8 Å². The van der Waals surface area contributed by atoms with Gasteiger partial charge in [-0.1, -0.05) is 12.5 Å². The van der Waals surface area contributed by atoms with Crippen molar-refractivity contribution < 1.29 is 9.53 Å². The summed E-state index contributed by atoms with van der Waals surface area (Å²) in [7, 11) is 1.95. The number of piperidine rings is 1. The van der Waals surface area contributed by atoms with Crippen LogP contribution in [0, 0.1) is 18.3 Å². The van der Waals surface area contributed by atoms with Gasteiger partial charge in [0.2, 0.25) is 5.95 Å². The zero-order valence-corrected chi connectivity index (χ0v) is 22.6. The van der Waals surface area contributed by atoms with E-state index in [2.05, 4.69) is 42.7 Å². The molecule has 0 unspecified atom stereocenters. The third kappa shape index (κ3) is 5.43. The van der Waals surface area contributed by atoms with Gasteiger partial charge in [-0.2, -0.15) is 0 Å². The fourth-order valence-electron chi connectivity index (χ4n) is 5.05. The topological polar surface area (TPSA) is 111 Å². The fraction of sp³-hybridized carbons (Fsp3) is 0.226. The molecule has 10 heteroatoms. The Morgan fingerprint density at radius 2 is 2.00 bits per heavy atom. The van der Waals surface area contributed by atoms with Gasteiger partial charge in [0.1, 0.15) is 28.9 Å². The van der Waals surface area contributed by atoms with Crippen LogP contribution in [0.5, 0.6) is 11.5 Å². The number of nitrogens with zero attached hydrogens (tertiary/aromatic N) is 7. The summed E-state index contributed by atoms with van der Waals surface area (Å²) in [6.45, 7) is 5.13. The summed E-state index contributed by atoms with van der Waals surface area (Å²) in [6, 6.07) is 11.3. The number of aromatic nitrogens is 6. The molecule has 204 valence electrons. The molecule has 6 rings (SSSR count). The molecule has 0 atom stereocenters. The zero-order valence-electron chi connectivity index (χ0n) is 22.6. The molecule has 5 aromatic rings. The van der Waals surface area contributed by atoms with Crippen LogP contribution in [0.15, 0.2) is 67.9 Å². The molecular formula is C31H28N8O2. The summed E-state index contributed by atoms with van der Waals surface area (Å²) in [5.74, 6) is 5.53. The third-order valence-corrected chi connectivity index (χ3v) is 7.30. The maximum absolute atomic E-state index is 11.8. The number of benzene rings is 2. The number of allylic oxidation sites excluding steroid dienone is 1. The van der Waals surface area contributed by atoms with E-state index in [0.717, 1.165) is 42.7 Å². The van der Waals surface area contributed by atoms with Gasteiger partial charge in [-0.15, -0.1) is 6.42 Å². The maximum Gasteiger partial charge on any atom is 0.226 e. The quantitative estimate of drug-likeness (QED) is 0.208. The van der Waals surface area contributed by atoms with Crippen molar-refractivity contribution in [2.45, 2.75) is 19.3 Å². The number of hydrogen-bond donors (Lipinski definition) is 1. The second-order valence-corrected chi connectivity index (χ2v) is 10.0. The third-order valence-electron chi connectivity index (χ3n) is 7.30. The lowest BCUT2D eigenvalue weighted by Crippen LogP contribution is -2.35. The number of ketones is 1. The molecule has 1 saturated heterocycles. The number of nitrogens with one attached hydrogen (secondary N) is 1. The monoisotopic (exact) mass is 544 g/mol. The molecule has 2 aromatic carbocycles. The average Bonchev–Trinajstić information content (AvgIpc) is 3.37. The first-order valence-corrected chi connectivity index (χ1v) is 13.4. The molecule has 0 saturated carbocycles. The first kappa shape index (κ1) is 26.0. The van der Waals surface area contributed by atoms with Gasteiger partial charge >= 0.3 is 0 Å². The minimum Gasteiger partial charge on any atom is -0.456 e. The Labute approximate surface area is 237 Å². The van der Waals surface area contributed by atoms with E-state index in [9.17, 15) is 4.79 Å². The lowest BCUT2D eigenvalue weighted by molar-refractivity contribution is -0.115. The highest BCUT2D eigenvalue weighted by molar-refractivity contribution is 5.89. The summed E-state index contributed by atoms with van der Waals surface area (Å²) in [5, 5.41) is 3.33. The second kappa shape index (κ2) is 11.1. The summed E-state index contributed by atoms with van der Waals surface area (Å²) in [6.07, 6.45) is 14.5. The van der Waals surface area contributed by atoms with Crippen molar-refractivity contribution in [2.75, 3.05) is 23.3 Å². The molecule has 0 radical (unpaired) electrons. The van der Waals surface area contributed by atoms with E-state index in [1.807, 2.05) is 48.0 Å². The van der Waals surface area contributed by atoms with E-state index in [-0.39, 0.29) is 5.78 Å². The van der Waals surface area contributed by atoms with Gasteiger partial charge in [-0.25, -0.2) is 24.9 Å². The van der Waals surface area contributed by atoms with E-state index in [4.69, 9.17) is 16.1 Å². The van der Waals surface area contributed by atoms with E-state index in [1.165, 1.54) is 12.4 Å². The highest BCUT2D eigenvalue weighted by atomic mass is 16.5. The van der Waals surface area contributed by atoms with Crippen LogP contribution in [0.1, 0.15) is 24.8 Å². The minimum atomic E-state index is 0.0943. The average molecular weight is 545 g/mol. The Morgan fingerprint density at radius 3 is 2.80 bits per heavy atom. The first-order chi connectivity index (χ1) is 20.0. The van der Waals surface area contributed by atoms with E-state index in [0.29, 0.717) is 52.2 Å². The normalized spacial score (nSPS) is 13.7. The molecule has 0 amide bonds. The van der Waals surface area contributed by atoms with Gasteiger partial charge in [0.05, 0.1) is 29.1 Å². The van der Waals surface area contributed by atoms with E-state index < -0.39 is 0 Å². The number of carbonyl (C=O) groups is 1. The highest BCUT2D eigenvalue weighted by Crippen LogP contribution is 2.31. The smallest absolute Gasteiger partial charge is 0.226 e. The van der Waals surface area contributed by atoms with Gasteiger partial charge in [-0.3, -0.25) is 4.79 Å². The number of anilines is 3. The van der Waals surface area contributed by atoms with Crippen LogP contribution in [0.2, 0.25) is 0 Å². The first-order valence-electron chi connectivity index (χ1n) is 13.4. The second-order valence-electron chi connectivity index (χ2n) is 10.0. The van der Waals surface area contributed by atoms with Crippen LogP contribution in [-0.2, 0) is 11.8 Å². The van der Waals surface area contributed by atoms with Crippen molar-refractivity contribution in [1.29, 1.82) is 0 Å². The SMILES string of the molecule is C#Cc1cc(Nc2ncnc3cnc(N4CCC(CC(=O)C=C)CC4)nc23)ccc1Oc1ccc2c(c1)ncn2C. The molecule has 0 spiro atoms. The molecule has 1 N–H and O–H groups in total. The zero-order chi connectivity index (χ0) is 28.3. The number of rotatable bonds is 8. The van der Waals surface area contributed by atoms with Crippen LogP contribution in [-0.4, -0.2) is 48.4 Å². The van der Waals surface area contributed by atoms with Crippen molar-refractivity contribution in [1.82, 2.24) is 29.5 Å². The fourth-order valence-corrected chi connectivity index (χ4v) is 5.05. The molecule has 0 aliphatic carbocycles. The van der Waals surface area contributed by atoms with Crippen LogP contribution < -0.4 is 15.0 Å². The molecule has 3 aromatic heterocycles. The predicted octanol–water partition coefficient (Wildman–Crippen LogP) is 5.19. The van der Waals surface area contributed by atoms with Gasteiger partial charge < -0.3 is 19.5 Å². The molecular weight excluding hydrogens is 516 g/mol. The Hall–Kier alpha value is -5.30. The lowest BCUT2D eigenvalue weighted by Gasteiger charge is -2.31. The number of terminal acetylenes is 1. The number of ether oxygens (including phenoxy) is 1. The summed E-state index contributed by atoms with van der Waals surface area (Å²) < 4.78 is 8.07. The maximum atomic E-state index is 11.8. The standard InChI is InChI=1S/C31H28N8O2/c1-4-21-15-22(6-9-28(21)41-24-7-8-27-25(16-24)35-19-38(27)3)36-30-29-26(33-18-34-30)17-32-31(37-29)39-12-10-20(11-13-39)14-23(40)5-2/h1,5-9,15-20H,2,10-14H2,3H3,(H,33,34,36). The van der Waals surface area contributed by atoms with Crippen LogP contribution in [0.25, 0.3) is 22.1 Å². The number of imidazole rings is 1. The summed E-state index contributed by atoms with van der Waals surface area (Å²) in [5.41, 5.74) is 4.41. The van der Waals surface area contributed by atoms with Gasteiger partial charge in [0.15, 0.2) is 11.6 Å². The Balaban J connectivity index is 1.21. The van der Waals surface area contributed by atoms with E-state index >= 15 is 0 Å². The lowest BCUT2D eigenvalue weighted by atomic mass is 9.92. The Kier molecular flexibility index (Phi) is 7.00. The van der Waals surface area contributed by atoms with Crippen LogP contribution in [0.3, 0.4) is 0 Å². The van der Waals surface area contributed by atoms with Crippen molar-refractivity contribution in [2.24, 2.45) is 13.0 Å². The number of fused-ring (bicyclic) bond motifs is 2. The van der Waals surface area contributed by atoms with Crippen molar-refractivity contribution in [3.05, 3.63) is 73.5 Å². The van der Waals surface area contributed by atoms with Crippen molar-refractivity contribution in [3.63, 3.8) is 0 Å². The molecule has 1 fully saturated rings. The number of aryl methyl sites for hydroxylation is 1. The van der Waals surface area contributed by atoms with Crippen LogP contribution >= 0.6 is 0 Å². The summed E-state index contributed by atoms with van der Waals surface area (Å²) in [4.78, 5) is 36.4. The summed E-state index contributed by atoms with van der Waals surface area (Å²) >= 11 is 0. The Bertz CT molecular complexity index is 1810. The largest absolute Gasteiger partial charge is 0.456 e. The molecule has 4 heterocycles. The number of hydrogen-bond acceptors (Lipinski definition) is 9. The number of carbonyl (C=O) groups excluding carboxylic acids is 1. The molecule has 10 nitrogen and oxygen atoms in total.